The van der Waals surface area contributed by atoms with Crippen molar-refractivity contribution in [1.29, 1.82) is 0 Å². The maximum Gasteiger partial charge on any atom is 0.191 e. The van der Waals surface area contributed by atoms with E-state index in [1.807, 2.05) is 12.1 Å². The molecule has 2 rings (SSSR count). The van der Waals surface area contributed by atoms with Gasteiger partial charge >= 0.3 is 0 Å². The van der Waals surface area contributed by atoms with Crippen LogP contribution in [0.4, 0.5) is 8.78 Å². The Morgan fingerprint density at radius 3 is 2.35 bits per heavy atom. The molecule has 0 saturated carbocycles. The number of nitrogens with two attached hydrogens (primary N) is 1. The molecule has 1 aromatic carbocycles. The molecule has 2 nitrogen and oxygen atoms in total. The number of halogens is 2. The zero-order valence-corrected chi connectivity index (χ0v) is 12.1. The van der Waals surface area contributed by atoms with E-state index >= 15 is 0 Å². The molecule has 5 heteroatoms. The van der Waals surface area contributed by atoms with E-state index in [0.717, 1.165) is 11.3 Å². The highest BCUT2D eigenvalue weighted by molar-refractivity contribution is 7.11. The van der Waals surface area contributed by atoms with E-state index in [1.54, 1.807) is 11.3 Å². The number of benzene rings is 1. The van der Waals surface area contributed by atoms with Gasteiger partial charge in [0.2, 0.25) is 0 Å². The Labute approximate surface area is 121 Å². The first-order chi connectivity index (χ1) is 9.63. The van der Waals surface area contributed by atoms with E-state index in [2.05, 4.69) is 6.92 Å². The molecular formula is C15H17F2NOS. The second kappa shape index (κ2) is 6.81. The lowest BCUT2D eigenvalue weighted by Crippen LogP contribution is -2.05. The molecule has 0 fully saturated rings. The number of thiophene rings is 1. The van der Waals surface area contributed by atoms with Crippen molar-refractivity contribution in [2.45, 2.75) is 26.4 Å². The van der Waals surface area contributed by atoms with Gasteiger partial charge in [-0.05, 0) is 49.2 Å². The highest BCUT2D eigenvalue weighted by atomic mass is 32.1. The molecule has 0 radical (unpaired) electrons. The van der Waals surface area contributed by atoms with Gasteiger partial charge in [0.05, 0.1) is 0 Å². The van der Waals surface area contributed by atoms with Gasteiger partial charge in [-0.3, -0.25) is 0 Å². The topological polar surface area (TPSA) is 35.2 Å². The van der Waals surface area contributed by atoms with Crippen LogP contribution < -0.4 is 10.5 Å². The zero-order chi connectivity index (χ0) is 14.5. The van der Waals surface area contributed by atoms with Gasteiger partial charge in [-0.25, -0.2) is 8.78 Å². The Morgan fingerprint density at radius 2 is 1.80 bits per heavy atom. The predicted molar refractivity (Wildman–Crippen MR) is 77.1 cm³/mol. The van der Waals surface area contributed by atoms with Gasteiger partial charge in [0.1, 0.15) is 6.61 Å². The summed E-state index contributed by atoms with van der Waals surface area (Å²) >= 11 is 1.59. The average molecular weight is 297 g/mol. The molecule has 20 heavy (non-hydrogen) atoms. The predicted octanol–water partition coefficient (Wildman–Crippen LogP) is 3.67. The van der Waals surface area contributed by atoms with Crippen molar-refractivity contribution in [2.75, 3.05) is 6.54 Å². The summed E-state index contributed by atoms with van der Waals surface area (Å²) in [6, 6.07) is 6.47. The van der Waals surface area contributed by atoms with Crippen LogP contribution in [0.15, 0.2) is 24.3 Å². The average Bonchev–Trinajstić information content (AvgIpc) is 2.86. The van der Waals surface area contributed by atoms with Crippen molar-refractivity contribution in [1.82, 2.24) is 0 Å². The summed E-state index contributed by atoms with van der Waals surface area (Å²) in [6.45, 7) is 2.59. The Kier molecular flexibility index (Phi) is 5.09. The Bertz CT molecular complexity index is 560. The minimum Gasteiger partial charge on any atom is -0.482 e. The van der Waals surface area contributed by atoms with Gasteiger partial charge in [0.25, 0.3) is 0 Å². The van der Waals surface area contributed by atoms with Crippen molar-refractivity contribution in [2.24, 2.45) is 5.73 Å². The van der Waals surface area contributed by atoms with E-state index in [9.17, 15) is 8.78 Å². The third-order valence-electron chi connectivity index (χ3n) is 2.92. The first-order valence-electron chi connectivity index (χ1n) is 6.52. The second-order valence-corrected chi connectivity index (χ2v) is 5.69. The SMILES string of the molecule is CCc1ccc(COc2c(F)cc(CCN)cc2F)s1. The Balaban J connectivity index is 2.09. The van der Waals surface area contributed by atoms with Gasteiger partial charge in [-0.15, -0.1) is 11.3 Å². The van der Waals surface area contributed by atoms with Crippen LogP contribution in [-0.4, -0.2) is 6.54 Å². The zero-order valence-electron chi connectivity index (χ0n) is 11.3. The van der Waals surface area contributed by atoms with Crippen molar-refractivity contribution < 1.29 is 13.5 Å². The molecule has 0 spiro atoms. The standard InChI is InChI=1S/C15H17F2NOS/c1-2-11-3-4-12(20-11)9-19-15-13(16)7-10(5-6-18)8-14(15)17/h3-4,7-8H,2,5-6,9,18H2,1H3. The molecule has 0 amide bonds. The van der Waals surface area contributed by atoms with Crippen molar-refractivity contribution >= 4 is 11.3 Å². The summed E-state index contributed by atoms with van der Waals surface area (Å²) in [5, 5.41) is 0. The summed E-state index contributed by atoms with van der Waals surface area (Å²) in [7, 11) is 0. The largest absolute Gasteiger partial charge is 0.482 e. The molecule has 1 heterocycles. The fourth-order valence-electron chi connectivity index (χ4n) is 1.89. The van der Waals surface area contributed by atoms with Gasteiger partial charge in [0.15, 0.2) is 17.4 Å². The van der Waals surface area contributed by atoms with Crippen LogP contribution in [0, 0.1) is 11.6 Å². The molecule has 0 atom stereocenters. The second-order valence-electron chi connectivity index (χ2n) is 4.44. The van der Waals surface area contributed by atoms with E-state index in [1.165, 1.54) is 17.0 Å². The third-order valence-corrected chi connectivity index (χ3v) is 4.12. The van der Waals surface area contributed by atoms with Crippen LogP contribution in [-0.2, 0) is 19.4 Å². The summed E-state index contributed by atoms with van der Waals surface area (Å²) in [5.41, 5.74) is 5.92. The summed E-state index contributed by atoms with van der Waals surface area (Å²) in [5.74, 6) is -1.68. The number of hydrogen-bond donors (Lipinski definition) is 1. The molecular weight excluding hydrogens is 280 g/mol. The van der Waals surface area contributed by atoms with Crippen LogP contribution in [0.5, 0.6) is 5.75 Å². The molecule has 0 aliphatic carbocycles. The maximum absolute atomic E-state index is 13.8. The number of ether oxygens (including phenoxy) is 1. The lowest BCUT2D eigenvalue weighted by atomic mass is 10.1. The van der Waals surface area contributed by atoms with Crippen LogP contribution >= 0.6 is 11.3 Å². The molecule has 0 aliphatic heterocycles. The van der Waals surface area contributed by atoms with E-state index in [0.29, 0.717) is 18.5 Å². The number of aryl methyl sites for hydroxylation is 1. The van der Waals surface area contributed by atoms with Crippen molar-refractivity contribution in [3.63, 3.8) is 0 Å². The van der Waals surface area contributed by atoms with Crippen LogP contribution in [0.1, 0.15) is 22.2 Å². The first-order valence-corrected chi connectivity index (χ1v) is 7.34. The fraction of sp³-hybridized carbons (Fsp3) is 0.333. The minimum atomic E-state index is -0.680. The van der Waals surface area contributed by atoms with Crippen molar-refractivity contribution in [3.8, 4) is 5.75 Å². The first kappa shape index (κ1) is 14.9. The van der Waals surface area contributed by atoms with Gasteiger partial charge in [0, 0.05) is 9.75 Å². The molecule has 0 saturated heterocycles. The maximum atomic E-state index is 13.8. The van der Waals surface area contributed by atoms with Gasteiger partial charge in [-0.1, -0.05) is 6.92 Å². The summed E-state index contributed by atoms with van der Waals surface area (Å²) < 4.78 is 32.9. The van der Waals surface area contributed by atoms with E-state index in [-0.39, 0.29) is 12.4 Å². The van der Waals surface area contributed by atoms with Gasteiger partial charge in [-0.2, -0.15) is 0 Å². The quantitative estimate of drug-likeness (QED) is 0.883. The summed E-state index contributed by atoms with van der Waals surface area (Å²) in [4.78, 5) is 2.18. The molecule has 108 valence electrons. The highest BCUT2D eigenvalue weighted by Gasteiger charge is 2.13. The van der Waals surface area contributed by atoms with Crippen molar-refractivity contribution in [3.05, 3.63) is 51.2 Å². The molecule has 2 aromatic rings. The molecule has 0 aliphatic rings. The van der Waals surface area contributed by atoms with Crippen LogP contribution in [0.3, 0.4) is 0 Å². The molecule has 0 bridgehead atoms. The highest BCUT2D eigenvalue weighted by Crippen LogP contribution is 2.26. The fourth-order valence-corrected chi connectivity index (χ4v) is 2.77. The van der Waals surface area contributed by atoms with Gasteiger partial charge < -0.3 is 10.5 Å². The summed E-state index contributed by atoms with van der Waals surface area (Å²) in [6.07, 6.45) is 1.39. The van der Waals surface area contributed by atoms with Crippen LogP contribution in [0.2, 0.25) is 0 Å². The van der Waals surface area contributed by atoms with E-state index < -0.39 is 11.6 Å². The lowest BCUT2D eigenvalue weighted by molar-refractivity contribution is 0.276. The number of hydrogen-bond acceptors (Lipinski definition) is 3. The molecule has 0 unspecified atom stereocenters. The smallest absolute Gasteiger partial charge is 0.191 e. The Morgan fingerprint density at radius 1 is 1.15 bits per heavy atom. The lowest BCUT2D eigenvalue weighted by Gasteiger charge is -2.09. The molecule has 1 aromatic heterocycles. The monoisotopic (exact) mass is 297 g/mol. The minimum absolute atomic E-state index is 0.175. The normalized spacial score (nSPS) is 10.8. The number of rotatable bonds is 6. The van der Waals surface area contributed by atoms with E-state index in [4.69, 9.17) is 10.5 Å². The third kappa shape index (κ3) is 3.55. The molecule has 2 N–H and O–H groups in total. The van der Waals surface area contributed by atoms with Crippen LogP contribution in [0.25, 0.3) is 0 Å². The Hall–Kier alpha value is -1.46.